The fraction of sp³-hybridized carbons (Fsp3) is 0.355. The van der Waals surface area contributed by atoms with Gasteiger partial charge in [0.15, 0.2) is 0 Å². The van der Waals surface area contributed by atoms with Gasteiger partial charge in [-0.15, -0.1) is 0 Å². The van der Waals surface area contributed by atoms with Crippen molar-refractivity contribution >= 4 is 29.2 Å². The first kappa shape index (κ1) is 27.6. The van der Waals surface area contributed by atoms with Crippen molar-refractivity contribution in [1.29, 1.82) is 0 Å². The van der Waals surface area contributed by atoms with Gasteiger partial charge in [0.1, 0.15) is 29.5 Å². The molecule has 4 heterocycles. The van der Waals surface area contributed by atoms with Gasteiger partial charge in [-0.3, -0.25) is 19.7 Å². The number of anilines is 2. The van der Waals surface area contributed by atoms with Crippen molar-refractivity contribution in [3.05, 3.63) is 88.6 Å². The van der Waals surface area contributed by atoms with Gasteiger partial charge in [0, 0.05) is 30.1 Å². The normalized spacial score (nSPS) is 24.0. The van der Waals surface area contributed by atoms with Gasteiger partial charge in [-0.2, -0.15) is 0 Å². The van der Waals surface area contributed by atoms with Crippen LogP contribution in [0.4, 0.5) is 20.3 Å². The quantitative estimate of drug-likeness (QED) is 0.427. The zero-order chi connectivity index (χ0) is 29.8. The molecule has 3 aliphatic heterocycles. The van der Waals surface area contributed by atoms with Gasteiger partial charge in [0.2, 0.25) is 17.7 Å². The number of hydrogen-bond acceptors (Lipinski definition) is 7. The van der Waals surface area contributed by atoms with Gasteiger partial charge >= 0.3 is 0 Å². The van der Waals surface area contributed by atoms with Gasteiger partial charge in [-0.25, -0.2) is 13.8 Å². The molecule has 10 nitrogen and oxygen atoms in total. The lowest BCUT2D eigenvalue weighted by molar-refractivity contribution is -0.151. The first-order valence-corrected chi connectivity index (χ1v) is 14.1. The van der Waals surface area contributed by atoms with Crippen LogP contribution in [0.15, 0.2) is 54.7 Å². The molecule has 0 bridgehead atoms. The Balaban J connectivity index is 1.13. The molecule has 4 aliphatic rings. The van der Waals surface area contributed by atoms with E-state index < -0.39 is 40.4 Å². The van der Waals surface area contributed by atoms with E-state index >= 15 is 0 Å². The number of fused-ring (bicyclic) bond motifs is 3. The van der Waals surface area contributed by atoms with E-state index in [1.807, 2.05) is 24.3 Å². The van der Waals surface area contributed by atoms with Crippen molar-refractivity contribution < 1.29 is 32.6 Å². The van der Waals surface area contributed by atoms with E-state index in [1.165, 1.54) is 4.90 Å². The minimum absolute atomic E-state index is 0.0347. The molecular weight excluding hydrogens is 560 g/mol. The molecule has 3 N–H and O–H groups in total. The van der Waals surface area contributed by atoms with E-state index in [2.05, 4.69) is 20.9 Å². The number of halogens is 2. The SMILES string of the molecule is O=C(CN1C(=O)C2(COCCOC2)NCC1c1cc(F)cc(F)c1)Nc1ccc2c(c1)CC1(C2)C(=O)Nc2ncccc21. The summed E-state index contributed by atoms with van der Waals surface area (Å²) in [7, 11) is 0. The van der Waals surface area contributed by atoms with Crippen LogP contribution < -0.4 is 16.0 Å². The summed E-state index contributed by atoms with van der Waals surface area (Å²) in [5.74, 6) is -2.02. The summed E-state index contributed by atoms with van der Waals surface area (Å²) in [6.07, 6.45) is 2.63. The third-order valence-corrected chi connectivity index (χ3v) is 8.80. The third kappa shape index (κ3) is 4.75. The molecule has 2 saturated heterocycles. The molecule has 2 fully saturated rings. The van der Waals surface area contributed by atoms with Crippen molar-refractivity contribution in [3.63, 3.8) is 0 Å². The summed E-state index contributed by atoms with van der Waals surface area (Å²) in [5.41, 5.74) is 1.56. The number of hydrogen-bond donors (Lipinski definition) is 3. The van der Waals surface area contributed by atoms with Crippen LogP contribution in [0.25, 0.3) is 0 Å². The second-order valence-corrected chi connectivity index (χ2v) is 11.5. The maximum Gasteiger partial charge on any atom is 0.248 e. The molecule has 7 rings (SSSR count). The van der Waals surface area contributed by atoms with E-state index in [4.69, 9.17) is 9.47 Å². The molecule has 43 heavy (non-hydrogen) atoms. The fourth-order valence-corrected chi connectivity index (χ4v) is 6.72. The highest BCUT2D eigenvalue weighted by molar-refractivity contribution is 6.06. The number of rotatable bonds is 4. The molecule has 222 valence electrons. The maximum atomic E-state index is 14.2. The first-order valence-electron chi connectivity index (χ1n) is 14.1. The smallest absolute Gasteiger partial charge is 0.248 e. The van der Waals surface area contributed by atoms with Crippen molar-refractivity contribution in [2.75, 3.05) is 50.2 Å². The van der Waals surface area contributed by atoms with Crippen molar-refractivity contribution in [3.8, 4) is 0 Å². The summed E-state index contributed by atoms with van der Waals surface area (Å²) in [4.78, 5) is 46.0. The maximum absolute atomic E-state index is 14.2. The highest BCUT2D eigenvalue weighted by Crippen LogP contribution is 2.47. The van der Waals surface area contributed by atoms with Crippen molar-refractivity contribution in [2.24, 2.45) is 0 Å². The van der Waals surface area contributed by atoms with Crippen LogP contribution in [0.1, 0.15) is 28.3 Å². The summed E-state index contributed by atoms with van der Waals surface area (Å²) in [6.45, 7) is 0.472. The monoisotopic (exact) mass is 589 g/mol. The summed E-state index contributed by atoms with van der Waals surface area (Å²) < 4.78 is 39.6. The van der Waals surface area contributed by atoms with E-state index in [0.717, 1.165) is 34.9 Å². The second kappa shape index (κ2) is 10.5. The molecule has 1 aromatic heterocycles. The summed E-state index contributed by atoms with van der Waals surface area (Å²) in [5, 5.41) is 8.93. The van der Waals surface area contributed by atoms with Crippen LogP contribution in [-0.4, -0.2) is 72.7 Å². The minimum atomic E-state index is -1.23. The number of aromatic nitrogens is 1. The summed E-state index contributed by atoms with van der Waals surface area (Å²) in [6, 6.07) is 11.5. The molecule has 0 saturated carbocycles. The largest absolute Gasteiger partial charge is 0.376 e. The number of carbonyl (C=O) groups is 3. The standard InChI is InChI=1S/C31H29F2N5O5/c32-21-8-19(9-22(33)11-21)25-14-35-31(16-42-6-7-43-17-31)29(41)38(25)15-26(39)36-23-4-3-18-12-30(13-20(18)10-23)24-2-1-5-34-27(24)37-28(30)40/h1-5,8-11,25,35H,6-7,12-17H2,(H,36,39)(H,34,37,40). The number of pyridine rings is 1. The number of nitrogens with zero attached hydrogens (tertiary/aromatic N) is 2. The lowest BCUT2D eigenvalue weighted by Crippen LogP contribution is -2.69. The minimum Gasteiger partial charge on any atom is -0.376 e. The molecule has 2 aromatic carbocycles. The molecule has 2 atom stereocenters. The van der Waals surface area contributed by atoms with Gasteiger partial charge < -0.3 is 25.0 Å². The van der Waals surface area contributed by atoms with Crippen LogP contribution in [0.2, 0.25) is 0 Å². The third-order valence-electron chi connectivity index (χ3n) is 8.80. The molecule has 0 radical (unpaired) electrons. The Morgan fingerprint density at radius 2 is 1.77 bits per heavy atom. The highest BCUT2D eigenvalue weighted by Gasteiger charge is 2.51. The van der Waals surface area contributed by atoms with Crippen LogP contribution in [0, 0.1) is 11.6 Å². The number of amides is 3. The Labute approximate surface area is 245 Å². The van der Waals surface area contributed by atoms with Crippen LogP contribution in [0.3, 0.4) is 0 Å². The van der Waals surface area contributed by atoms with E-state index in [-0.39, 0.29) is 37.8 Å². The fourth-order valence-electron chi connectivity index (χ4n) is 6.72. The number of benzene rings is 2. The molecule has 2 spiro atoms. The Morgan fingerprint density at radius 1 is 1.02 bits per heavy atom. The lowest BCUT2D eigenvalue weighted by Gasteiger charge is -2.45. The first-order chi connectivity index (χ1) is 20.8. The molecule has 2 unspecified atom stereocenters. The Kier molecular flexibility index (Phi) is 6.71. The van der Waals surface area contributed by atoms with Crippen LogP contribution >= 0.6 is 0 Å². The zero-order valence-corrected chi connectivity index (χ0v) is 23.1. The summed E-state index contributed by atoms with van der Waals surface area (Å²) >= 11 is 0. The zero-order valence-electron chi connectivity index (χ0n) is 23.1. The Morgan fingerprint density at radius 3 is 2.53 bits per heavy atom. The van der Waals surface area contributed by atoms with Crippen LogP contribution in [-0.2, 0) is 42.1 Å². The average Bonchev–Trinajstić information content (AvgIpc) is 3.37. The molecule has 12 heteroatoms. The van der Waals surface area contributed by atoms with Crippen LogP contribution in [0.5, 0.6) is 0 Å². The van der Waals surface area contributed by atoms with Crippen molar-refractivity contribution in [1.82, 2.24) is 15.2 Å². The van der Waals surface area contributed by atoms with E-state index in [9.17, 15) is 23.2 Å². The van der Waals surface area contributed by atoms with Gasteiger partial charge in [-0.1, -0.05) is 12.1 Å². The number of nitrogens with one attached hydrogen (secondary N) is 3. The van der Waals surface area contributed by atoms with Crippen molar-refractivity contribution in [2.45, 2.75) is 29.8 Å². The number of carbonyl (C=O) groups excluding carboxylic acids is 3. The molecular formula is C31H29F2N5O5. The Bertz CT molecular complexity index is 1620. The molecule has 3 amide bonds. The topological polar surface area (TPSA) is 122 Å². The van der Waals surface area contributed by atoms with Gasteiger partial charge in [0.05, 0.1) is 37.9 Å². The second-order valence-electron chi connectivity index (χ2n) is 11.5. The number of piperazine rings is 1. The Hall–Kier alpha value is -4.26. The lowest BCUT2D eigenvalue weighted by atomic mass is 9.79. The molecule has 3 aromatic rings. The number of ether oxygens (including phenoxy) is 2. The predicted octanol–water partition coefficient (Wildman–Crippen LogP) is 2.25. The molecule has 1 aliphatic carbocycles. The average molecular weight is 590 g/mol. The van der Waals surface area contributed by atoms with E-state index in [0.29, 0.717) is 37.6 Å². The van der Waals surface area contributed by atoms with Gasteiger partial charge in [-0.05, 0) is 59.9 Å². The van der Waals surface area contributed by atoms with Gasteiger partial charge in [0.25, 0.3) is 0 Å². The predicted molar refractivity (Wildman–Crippen MR) is 150 cm³/mol. The highest BCUT2D eigenvalue weighted by atomic mass is 19.1. The van der Waals surface area contributed by atoms with E-state index in [1.54, 1.807) is 12.3 Å².